The average Bonchev–Trinajstić information content (AvgIpc) is 2.10. The van der Waals surface area contributed by atoms with Gasteiger partial charge in [-0.1, -0.05) is 35.3 Å². The Morgan fingerprint density at radius 3 is 2.60 bits per heavy atom. The first-order valence-electron chi connectivity index (χ1n) is 4.17. The SMILES string of the molecule is CS(=O)(=O)OCCc1cccc(Cl)c1Cl. The summed E-state index contributed by atoms with van der Waals surface area (Å²) in [5, 5.41) is 0.893. The molecule has 0 aliphatic rings. The zero-order chi connectivity index (χ0) is 11.5. The van der Waals surface area contributed by atoms with Crippen LogP contribution in [0, 0.1) is 0 Å². The van der Waals surface area contributed by atoms with E-state index in [9.17, 15) is 8.42 Å². The Morgan fingerprint density at radius 2 is 2.00 bits per heavy atom. The molecule has 15 heavy (non-hydrogen) atoms. The van der Waals surface area contributed by atoms with Gasteiger partial charge in [-0.2, -0.15) is 8.42 Å². The molecular formula is C9H10Cl2O3S. The van der Waals surface area contributed by atoms with E-state index in [4.69, 9.17) is 23.2 Å². The molecule has 1 rings (SSSR count). The van der Waals surface area contributed by atoms with Crippen molar-refractivity contribution in [2.45, 2.75) is 6.42 Å². The van der Waals surface area contributed by atoms with Crippen LogP contribution in [-0.2, 0) is 20.7 Å². The summed E-state index contributed by atoms with van der Waals surface area (Å²) >= 11 is 11.7. The van der Waals surface area contributed by atoms with Gasteiger partial charge in [0.05, 0.1) is 22.9 Å². The Morgan fingerprint density at radius 1 is 1.33 bits per heavy atom. The van der Waals surface area contributed by atoms with E-state index in [1.54, 1.807) is 18.2 Å². The minimum Gasteiger partial charge on any atom is -0.270 e. The monoisotopic (exact) mass is 268 g/mol. The van der Waals surface area contributed by atoms with E-state index in [0.717, 1.165) is 11.8 Å². The van der Waals surface area contributed by atoms with Gasteiger partial charge in [0.2, 0.25) is 0 Å². The third-order valence-electron chi connectivity index (χ3n) is 1.70. The van der Waals surface area contributed by atoms with Crippen LogP contribution in [0.2, 0.25) is 10.0 Å². The maximum absolute atomic E-state index is 10.7. The Hall–Kier alpha value is -0.290. The molecular weight excluding hydrogens is 259 g/mol. The standard InChI is InChI=1S/C9H10Cl2O3S/c1-15(12,13)14-6-5-7-3-2-4-8(10)9(7)11/h2-4H,5-6H2,1H3. The lowest BCUT2D eigenvalue weighted by Gasteiger charge is -2.05. The molecule has 1 aromatic carbocycles. The second-order valence-electron chi connectivity index (χ2n) is 2.99. The van der Waals surface area contributed by atoms with Crippen molar-refractivity contribution in [1.29, 1.82) is 0 Å². The van der Waals surface area contributed by atoms with E-state index >= 15 is 0 Å². The fourth-order valence-corrected chi connectivity index (χ4v) is 1.85. The van der Waals surface area contributed by atoms with Gasteiger partial charge >= 0.3 is 0 Å². The highest BCUT2D eigenvalue weighted by atomic mass is 35.5. The van der Waals surface area contributed by atoms with Crippen molar-refractivity contribution in [3.8, 4) is 0 Å². The summed E-state index contributed by atoms with van der Waals surface area (Å²) in [5.74, 6) is 0. The third kappa shape index (κ3) is 4.38. The van der Waals surface area contributed by atoms with Crippen molar-refractivity contribution in [3.05, 3.63) is 33.8 Å². The van der Waals surface area contributed by atoms with Crippen LogP contribution < -0.4 is 0 Å². The van der Waals surface area contributed by atoms with Crippen molar-refractivity contribution in [1.82, 2.24) is 0 Å². The largest absolute Gasteiger partial charge is 0.270 e. The predicted octanol–water partition coefficient (Wildman–Crippen LogP) is 2.51. The summed E-state index contributed by atoms with van der Waals surface area (Å²) in [6.07, 6.45) is 1.42. The molecule has 6 heteroatoms. The van der Waals surface area contributed by atoms with Gasteiger partial charge in [-0.05, 0) is 18.1 Å². The molecule has 0 aromatic heterocycles. The number of hydrogen-bond acceptors (Lipinski definition) is 3. The van der Waals surface area contributed by atoms with Crippen LogP contribution in [-0.4, -0.2) is 21.3 Å². The Labute approximate surface area is 99.1 Å². The van der Waals surface area contributed by atoms with E-state index in [2.05, 4.69) is 4.18 Å². The highest BCUT2D eigenvalue weighted by molar-refractivity contribution is 7.85. The van der Waals surface area contributed by atoms with Crippen LogP contribution >= 0.6 is 23.2 Å². The normalized spacial score (nSPS) is 11.7. The van der Waals surface area contributed by atoms with E-state index in [1.807, 2.05) is 0 Å². The quantitative estimate of drug-likeness (QED) is 0.789. The van der Waals surface area contributed by atoms with Crippen molar-refractivity contribution in [3.63, 3.8) is 0 Å². The van der Waals surface area contributed by atoms with Gasteiger partial charge in [0.15, 0.2) is 0 Å². The first-order valence-corrected chi connectivity index (χ1v) is 6.74. The third-order valence-corrected chi connectivity index (χ3v) is 3.15. The van der Waals surface area contributed by atoms with Crippen molar-refractivity contribution in [2.75, 3.05) is 12.9 Å². The zero-order valence-corrected chi connectivity index (χ0v) is 10.4. The van der Waals surface area contributed by atoms with Gasteiger partial charge < -0.3 is 0 Å². The second kappa shape index (κ2) is 5.16. The molecule has 0 unspecified atom stereocenters. The molecule has 0 spiro atoms. The topological polar surface area (TPSA) is 43.4 Å². The van der Waals surface area contributed by atoms with Gasteiger partial charge in [0.25, 0.3) is 10.1 Å². The van der Waals surface area contributed by atoms with Crippen molar-refractivity contribution >= 4 is 33.3 Å². The van der Waals surface area contributed by atoms with Crippen LogP contribution in [0.1, 0.15) is 5.56 Å². The van der Waals surface area contributed by atoms with Crippen LogP contribution in [0.4, 0.5) is 0 Å². The molecule has 0 N–H and O–H groups in total. The molecule has 0 aliphatic heterocycles. The van der Waals surface area contributed by atoms with Gasteiger partial charge in [-0.25, -0.2) is 0 Å². The number of benzene rings is 1. The van der Waals surface area contributed by atoms with Gasteiger partial charge in [0, 0.05) is 0 Å². The Kier molecular flexibility index (Phi) is 4.40. The van der Waals surface area contributed by atoms with Crippen LogP contribution in [0.3, 0.4) is 0 Å². The summed E-state index contributed by atoms with van der Waals surface area (Å²) in [6.45, 7) is 0.0683. The summed E-state index contributed by atoms with van der Waals surface area (Å²) in [5.41, 5.74) is 0.771. The fraction of sp³-hybridized carbons (Fsp3) is 0.333. The maximum Gasteiger partial charge on any atom is 0.264 e. The van der Waals surface area contributed by atoms with Gasteiger partial charge in [0.1, 0.15) is 0 Å². The lowest BCUT2D eigenvalue weighted by Crippen LogP contribution is -2.06. The zero-order valence-electron chi connectivity index (χ0n) is 8.04. The van der Waals surface area contributed by atoms with Crippen LogP contribution in [0.5, 0.6) is 0 Å². The summed E-state index contributed by atoms with van der Waals surface area (Å²) in [6, 6.07) is 5.20. The highest BCUT2D eigenvalue weighted by Gasteiger charge is 2.06. The lowest BCUT2D eigenvalue weighted by molar-refractivity contribution is 0.326. The summed E-state index contributed by atoms with van der Waals surface area (Å²) < 4.78 is 26.0. The van der Waals surface area contributed by atoms with E-state index in [1.165, 1.54) is 0 Å². The Balaban J connectivity index is 2.62. The first kappa shape index (κ1) is 12.8. The molecule has 0 saturated heterocycles. The number of rotatable bonds is 4. The summed E-state index contributed by atoms with van der Waals surface area (Å²) in [4.78, 5) is 0. The van der Waals surface area contributed by atoms with Crippen molar-refractivity contribution < 1.29 is 12.6 Å². The number of halogens is 2. The molecule has 84 valence electrons. The molecule has 0 atom stereocenters. The Bertz CT molecular complexity index is 443. The highest BCUT2D eigenvalue weighted by Crippen LogP contribution is 2.25. The molecule has 0 heterocycles. The summed E-state index contributed by atoms with van der Waals surface area (Å²) in [7, 11) is -3.39. The van der Waals surface area contributed by atoms with Crippen LogP contribution in [0.15, 0.2) is 18.2 Å². The minimum atomic E-state index is -3.39. The molecule has 0 aliphatic carbocycles. The van der Waals surface area contributed by atoms with E-state index < -0.39 is 10.1 Å². The first-order chi connectivity index (χ1) is 6.90. The molecule has 0 radical (unpaired) electrons. The average molecular weight is 269 g/mol. The van der Waals surface area contributed by atoms with E-state index in [-0.39, 0.29) is 6.61 Å². The van der Waals surface area contributed by atoms with Gasteiger partial charge in [-0.15, -0.1) is 0 Å². The number of hydrogen-bond donors (Lipinski definition) is 0. The molecule has 0 saturated carbocycles. The predicted molar refractivity (Wildman–Crippen MR) is 61.0 cm³/mol. The smallest absolute Gasteiger partial charge is 0.264 e. The van der Waals surface area contributed by atoms with Crippen LogP contribution in [0.25, 0.3) is 0 Å². The van der Waals surface area contributed by atoms with Crippen molar-refractivity contribution in [2.24, 2.45) is 0 Å². The fourth-order valence-electron chi connectivity index (χ4n) is 1.04. The molecule has 3 nitrogen and oxygen atoms in total. The molecule has 0 fully saturated rings. The minimum absolute atomic E-state index is 0.0683. The second-order valence-corrected chi connectivity index (χ2v) is 5.42. The van der Waals surface area contributed by atoms with E-state index in [0.29, 0.717) is 16.5 Å². The molecule has 0 bridgehead atoms. The lowest BCUT2D eigenvalue weighted by atomic mass is 10.2. The van der Waals surface area contributed by atoms with Gasteiger partial charge in [-0.3, -0.25) is 4.18 Å². The maximum atomic E-state index is 10.7. The molecule has 1 aromatic rings. The molecule has 0 amide bonds.